The van der Waals surface area contributed by atoms with Crippen LogP contribution in [0.25, 0.3) is 16.9 Å². The summed E-state index contributed by atoms with van der Waals surface area (Å²) < 4.78 is 1.56. The lowest BCUT2D eigenvalue weighted by Crippen LogP contribution is -2.04. The summed E-state index contributed by atoms with van der Waals surface area (Å²) in [4.78, 5) is 26.8. The summed E-state index contributed by atoms with van der Waals surface area (Å²) in [7, 11) is 0. The molecule has 0 aliphatic rings. The van der Waals surface area contributed by atoms with Crippen molar-refractivity contribution in [3.8, 4) is 11.3 Å². The molecule has 1 aromatic carbocycles. The largest absolute Gasteiger partial charge is 0.293 e. The minimum Gasteiger partial charge on any atom is -0.293 e. The van der Waals surface area contributed by atoms with Gasteiger partial charge in [-0.05, 0) is 24.3 Å². The van der Waals surface area contributed by atoms with Gasteiger partial charge in [0.2, 0.25) is 5.16 Å². The molecule has 9 nitrogen and oxygen atoms in total. The van der Waals surface area contributed by atoms with Crippen molar-refractivity contribution >= 4 is 28.9 Å². The summed E-state index contributed by atoms with van der Waals surface area (Å²) in [5, 5.41) is 24.0. The molecule has 3 heterocycles. The maximum atomic E-state index is 12.4. The normalized spacial score (nSPS) is 10.9. The summed E-state index contributed by atoms with van der Waals surface area (Å²) in [5.74, 6) is -0.185. The van der Waals surface area contributed by atoms with E-state index in [1.807, 2.05) is 18.2 Å². The van der Waals surface area contributed by atoms with Gasteiger partial charge in [-0.25, -0.2) is 0 Å². The van der Waals surface area contributed by atoms with Crippen molar-refractivity contribution in [2.45, 2.75) is 5.16 Å². The van der Waals surface area contributed by atoms with Crippen LogP contribution in [0.15, 0.2) is 66.1 Å². The third-order valence-corrected chi connectivity index (χ3v) is 4.82. The molecule has 3 aromatic heterocycles. The van der Waals surface area contributed by atoms with Crippen LogP contribution in [-0.4, -0.2) is 41.3 Å². The van der Waals surface area contributed by atoms with E-state index < -0.39 is 4.92 Å². The molecule has 0 bridgehead atoms. The molecule has 138 valence electrons. The molecule has 0 fully saturated rings. The van der Waals surface area contributed by atoms with Crippen LogP contribution in [0.1, 0.15) is 10.4 Å². The average Bonchev–Trinajstić information content (AvgIpc) is 3.15. The Labute approximate surface area is 162 Å². The SMILES string of the molecule is O=C(CSc1nnc2ccc(-c3cccnc3)nn12)c1cccc([N+](=O)[O-])c1. The number of nitro benzene ring substituents is 1. The van der Waals surface area contributed by atoms with Crippen LogP contribution in [0.5, 0.6) is 0 Å². The summed E-state index contributed by atoms with van der Waals surface area (Å²) in [6.45, 7) is 0. The smallest absolute Gasteiger partial charge is 0.270 e. The predicted octanol–water partition coefficient (Wildman–Crippen LogP) is 3.07. The van der Waals surface area contributed by atoms with E-state index >= 15 is 0 Å². The quantitative estimate of drug-likeness (QED) is 0.213. The van der Waals surface area contributed by atoms with E-state index in [9.17, 15) is 14.9 Å². The predicted molar refractivity (Wildman–Crippen MR) is 102 cm³/mol. The molecule has 10 heteroatoms. The van der Waals surface area contributed by atoms with Crippen LogP contribution >= 0.6 is 11.8 Å². The van der Waals surface area contributed by atoms with Gasteiger partial charge in [0.25, 0.3) is 5.69 Å². The van der Waals surface area contributed by atoms with E-state index in [2.05, 4.69) is 20.3 Å². The molecule has 0 unspecified atom stereocenters. The Balaban J connectivity index is 1.56. The van der Waals surface area contributed by atoms with Gasteiger partial charge < -0.3 is 0 Å². The van der Waals surface area contributed by atoms with E-state index in [0.29, 0.717) is 16.5 Å². The van der Waals surface area contributed by atoms with Crippen molar-refractivity contribution in [1.29, 1.82) is 0 Å². The Morgan fingerprint density at radius 3 is 2.82 bits per heavy atom. The molecular weight excluding hydrogens is 380 g/mol. The van der Waals surface area contributed by atoms with Gasteiger partial charge in [-0.3, -0.25) is 19.9 Å². The van der Waals surface area contributed by atoms with Crippen LogP contribution < -0.4 is 0 Å². The number of carbonyl (C=O) groups is 1. The summed E-state index contributed by atoms with van der Waals surface area (Å²) in [6, 6.07) is 13.0. The maximum Gasteiger partial charge on any atom is 0.270 e. The highest BCUT2D eigenvalue weighted by Gasteiger charge is 2.15. The van der Waals surface area contributed by atoms with Crippen LogP contribution in [0.4, 0.5) is 5.69 Å². The minimum absolute atomic E-state index is 0.0563. The van der Waals surface area contributed by atoms with Crippen LogP contribution in [0.2, 0.25) is 0 Å². The van der Waals surface area contributed by atoms with Crippen molar-refractivity contribution < 1.29 is 9.72 Å². The molecule has 0 aliphatic carbocycles. The molecule has 0 amide bonds. The molecular formula is C18H12N6O3S. The first-order chi connectivity index (χ1) is 13.6. The van der Waals surface area contributed by atoms with Crippen LogP contribution in [-0.2, 0) is 0 Å². The highest BCUT2D eigenvalue weighted by Crippen LogP contribution is 2.22. The number of nitro groups is 1. The second-order valence-corrected chi connectivity index (χ2v) is 6.67. The van der Waals surface area contributed by atoms with Crippen molar-refractivity contribution in [1.82, 2.24) is 24.8 Å². The lowest BCUT2D eigenvalue weighted by atomic mass is 10.1. The molecule has 4 aromatic rings. The van der Waals surface area contributed by atoms with E-state index in [1.54, 1.807) is 29.0 Å². The highest BCUT2D eigenvalue weighted by atomic mass is 32.2. The standard InChI is InChI=1S/C18H12N6O3S/c25-16(12-3-1-5-14(9-12)24(26)27)11-28-18-21-20-17-7-6-15(22-23(17)18)13-4-2-8-19-10-13/h1-10H,11H2. The number of aromatic nitrogens is 5. The first-order valence-corrected chi connectivity index (χ1v) is 9.14. The number of benzene rings is 1. The first-order valence-electron chi connectivity index (χ1n) is 8.15. The van der Waals surface area contributed by atoms with Gasteiger partial charge >= 0.3 is 0 Å². The van der Waals surface area contributed by atoms with Gasteiger partial charge in [0.1, 0.15) is 0 Å². The van der Waals surface area contributed by atoms with Crippen LogP contribution in [0, 0.1) is 10.1 Å². The van der Waals surface area contributed by atoms with E-state index in [0.717, 1.165) is 5.56 Å². The Bertz CT molecular complexity index is 1180. The summed E-state index contributed by atoms with van der Waals surface area (Å²) in [6.07, 6.45) is 3.39. The Kier molecular flexibility index (Phi) is 4.77. The minimum atomic E-state index is -0.528. The number of rotatable bonds is 6. The van der Waals surface area contributed by atoms with Gasteiger partial charge in [0, 0.05) is 35.7 Å². The number of thioether (sulfide) groups is 1. The second-order valence-electron chi connectivity index (χ2n) is 5.73. The zero-order valence-corrected chi connectivity index (χ0v) is 15.1. The number of non-ortho nitro benzene ring substituents is 1. The lowest BCUT2D eigenvalue weighted by molar-refractivity contribution is -0.384. The average molecular weight is 392 g/mol. The van der Waals surface area contributed by atoms with Gasteiger partial charge in [-0.15, -0.1) is 10.2 Å². The number of Topliss-reactive ketones (excluding diaryl/α,β-unsaturated/α-hetero) is 1. The Hall–Kier alpha value is -3.66. The second kappa shape index (κ2) is 7.53. The van der Waals surface area contributed by atoms with Crippen molar-refractivity contribution in [2.75, 3.05) is 5.75 Å². The molecule has 0 N–H and O–H groups in total. The topological polar surface area (TPSA) is 116 Å². The van der Waals surface area contributed by atoms with E-state index in [-0.39, 0.29) is 22.8 Å². The fourth-order valence-electron chi connectivity index (χ4n) is 2.53. The van der Waals surface area contributed by atoms with Gasteiger partial charge in [-0.2, -0.15) is 9.61 Å². The number of nitrogens with zero attached hydrogens (tertiary/aromatic N) is 6. The van der Waals surface area contributed by atoms with Crippen molar-refractivity contribution in [3.05, 3.63) is 76.6 Å². The molecule has 4 rings (SSSR count). The Morgan fingerprint density at radius 1 is 1.14 bits per heavy atom. The van der Waals surface area contributed by atoms with Crippen molar-refractivity contribution in [3.63, 3.8) is 0 Å². The maximum absolute atomic E-state index is 12.4. The van der Waals surface area contributed by atoms with E-state index in [4.69, 9.17) is 0 Å². The summed E-state index contributed by atoms with van der Waals surface area (Å²) >= 11 is 1.17. The molecule has 0 spiro atoms. The number of ketones is 1. The number of hydrogen-bond acceptors (Lipinski definition) is 8. The van der Waals surface area contributed by atoms with Crippen LogP contribution in [0.3, 0.4) is 0 Å². The monoisotopic (exact) mass is 392 g/mol. The number of pyridine rings is 1. The third-order valence-electron chi connectivity index (χ3n) is 3.90. The van der Waals surface area contributed by atoms with Gasteiger partial charge in [0.05, 0.1) is 16.4 Å². The first kappa shape index (κ1) is 17.7. The molecule has 0 radical (unpaired) electrons. The zero-order chi connectivity index (χ0) is 19.5. The molecule has 0 saturated carbocycles. The lowest BCUT2D eigenvalue weighted by Gasteiger charge is -2.03. The molecule has 0 atom stereocenters. The molecule has 0 aliphatic heterocycles. The molecule has 0 saturated heterocycles. The summed E-state index contributed by atoms with van der Waals surface area (Å²) in [5.41, 5.74) is 2.26. The van der Waals surface area contributed by atoms with Gasteiger partial charge in [0.15, 0.2) is 11.4 Å². The number of carbonyl (C=O) groups excluding carboxylic acids is 1. The fraction of sp³-hybridized carbons (Fsp3) is 0.0556. The molecule has 28 heavy (non-hydrogen) atoms. The van der Waals surface area contributed by atoms with E-state index in [1.165, 1.54) is 30.0 Å². The fourth-order valence-corrected chi connectivity index (χ4v) is 3.32. The number of fused-ring (bicyclic) bond motifs is 1. The third kappa shape index (κ3) is 3.58. The zero-order valence-electron chi connectivity index (χ0n) is 14.3. The Morgan fingerprint density at radius 2 is 2.04 bits per heavy atom. The number of hydrogen-bond donors (Lipinski definition) is 0. The van der Waals surface area contributed by atoms with Crippen molar-refractivity contribution in [2.24, 2.45) is 0 Å². The van der Waals surface area contributed by atoms with Gasteiger partial charge in [-0.1, -0.05) is 23.9 Å². The highest BCUT2D eigenvalue weighted by molar-refractivity contribution is 7.99.